The predicted octanol–water partition coefficient (Wildman–Crippen LogP) is 3.75. The van der Waals surface area contributed by atoms with Gasteiger partial charge in [-0.15, -0.1) is 10.2 Å². The van der Waals surface area contributed by atoms with Gasteiger partial charge in [-0.1, -0.05) is 47.5 Å². The predicted molar refractivity (Wildman–Crippen MR) is 122 cm³/mol. The highest BCUT2D eigenvalue weighted by Gasteiger charge is 2.23. The summed E-state index contributed by atoms with van der Waals surface area (Å²) in [7, 11) is 0. The number of rotatable bonds is 5. The Kier molecular flexibility index (Phi) is 6.18. The minimum absolute atomic E-state index is 0.0759. The fourth-order valence-corrected chi connectivity index (χ4v) is 4.45. The number of amides is 1. The van der Waals surface area contributed by atoms with E-state index < -0.39 is 0 Å². The number of carbonyl (C=O) groups is 1. The van der Waals surface area contributed by atoms with Crippen LogP contribution in [0.5, 0.6) is 0 Å². The summed E-state index contributed by atoms with van der Waals surface area (Å²) in [6.45, 7) is 11.9. The lowest BCUT2D eigenvalue weighted by molar-refractivity contribution is 0.0937. The molecule has 1 amide bonds. The Morgan fingerprint density at radius 3 is 2.52 bits per heavy atom. The summed E-state index contributed by atoms with van der Waals surface area (Å²) in [6, 6.07) is 14.2. The van der Waals surface area contributed by atoms with E-state index in [1.54, 1.807) is 0 Å². The second-order valence-electron chi connectivity index (χ2n) is 8.66. The van der Waals surface area contributed by atoms with E-state index in [1.807, 2.05) is 38.1 Å². The molecule has 1 unspecified atom stereocenters. The molecule has 0 saturated carbocycles. The third-order valence-corrected chi connectivity index (χ3v) is 5.96. The van der Waals surface area contributed by atoms with E-state index in [2.05, 4.69) is 57.0 Å². The zero-order valence-corrected chi connectivity index (χ0v) is 18.9. The van der Waals surface area contributed by atoms with Crippen molar-refractivity contribution in [3.63, 3.8) is 0 Å². The molecule has 0 bridgehead atoms. The van der Waals surface area contributed by atoms with Crippen LogP contribution in [-0.2, 0) is 19.5 Å². The van der Waals surface area contributed by atoms with E-state index in [0.717, 1.165) is 49.8 Å². The molecule has 2 heterocycles. The van der Waals surface area contributed by atoms with Crippen molar-refractivity contribution in [2.45, 2.75) is 53.2 Å². The molecule has 0 saturated heterocycles. The molecule has 6 nitrogen and oxygen atoms in total. The number of nitrogens with one attached hydrogen (secondary N) is 1. The molecule has 2 aromatic carbocycles. The molecule has 1 aliphatic heterocycles. The summed E-state index contributed by atoms with van der Waals surface area (Å²) in [5.74, 6) is 1.74. The molecule has 6 heteroatoms. The summed E-state index contributed by atoms with van der Waals surface area (Å²) < 4.78 is 2.18. The zero-order chi connectivity index (χ0) is 22.0. The second-order valence-corrected chi connectivity index (χ2v) is 8.66. The van der Waals surface area contributed by atoms with Crippen molar-refractivity contribution in [1.29, 1.82) is 0 Å². The van der Waals surface area contributed by atoms with Crippen LogP contribution in [0.15, 0.2) is 42.5 Å². The van der Waals surface area contributed by atoms with Crippen LogP contribution in [0.4, 0.5) is 0 Å². The van der Waals surface area contributed by atoms with Crippen molar-refractivity contribution in [3.8, 4) is 0 Å². The van der Waals surface area contributed by atoms with Crippen LogP contribution in [-0.4, -0.2) is 38.7 Å². The van der Waals surface area contributed by atoms with Gasteiger partial charge in [0.25, 0.3) is 5.91 Å². The van der Waals surface area contributed by atoms with E-state index in [0.29, 0.717) is 5.56 Å². The number of hydrogen-bond donors (Lipinski definition) is 1. The number of aryl methyl sites for hydroxylation is 3. The first-order chi connectivity index (χ1) is 14.9. The normalized spacial score (nSPS) is 15.2. The van der Waals surface area contributed by atoms with Gasteiger partial charge in [0, 0.05) is 38.2 Å². The molecule has 0 radical (unpaired) electrons. The lowest BCUT2D eigenvalue weighted by Crippen LogP contribution is -2.30. The first kappa shape index (κ1) is 21.2. The Morgan fingerprint density at radius 1 is 1.03 bits per heavy atom. The standard InChI is InChI=1S/C25H31N5O/c1-17-13-18(2)15-21(14-17)16-29-10-9-23-27-28-24(30(23)12-11-29)20(4)26-25(31)22-8-6-5-7-19(22)3/h5-8,13-15,20H,9-12,16H2,1-4H3,(H,26,31). The van der Waals surface area contributed by atoms with Crippen LogP contribution < -0.4 is 5.32 Å². The van der Waals surface area contributed by atoms with Crippen LogP contribution in [0.2, 0.25) is 0 Å². The van der Waals surface area contributed by atoms with Crippen LogP contribution >= 0.6 is 0 Å². The van der Waals surface area contributed by atoms with Crippen LogP contribution in [0.1, 0.15) is 57.2 Å². The first-order valence-electron chi connectivity index (χ1n) is 11.0. The third-order valence-electron chi connectivity index (χ3n) is 5.96. The quantitative estimate of drug-likeness (QED) is 0.687. The molecular formula is C25H31N5O. The summed E-state index contributed by atoms with van der Waals surface area (Å²) >= 11 is 0. The van der Waals surface area contributed by atoms with Crippen LogP contribution in [0.25, 0.3) is 0 Å². The Morgan fingerprint density at radius 2 is 1.77 bits per heavy atom. The molecule has 162 valence electrons. The molecule has 1 atom stereocenters. The maximum absolute atomic E-state index is 12.7. The Labute approximate surface area is 184 Å². The number of benzene rings is 2. The van der Waals surface area contributed by atoms with E-state index in [9.17, 15) is 4.79 Å². The van der Waals surface area contributed by atoms with Crippen molar-refractivity contribution in [3.05, 3.63) is 81.9 Å². The van der Waals surface area contributed by atoms with Crippen molar-refractivity contribution in [1.82, 2.24) is 25.0 Å². The summed E-state index contributed by atoms with van der Waals surface area (Å²) in [6.07, 6.45) is 0.857. The van der Waals surface area contributed by atoms with Gasteiger partial charge in [0.1, 0.15) is 5.82 Å². The molecule has 0 aliphatic carbocycles. The molecule has 1 N–H and O–H groups in total. The Bertz CT molecular complexity index is 1070. The summed E-state index contributed by atoms with van der Waals surface area (Å²) in [5.41, 5.74) is 5.64. The fraction of sp³-hybridized carbons (Fsp3) is 0.400. The molecule has 0 fully saturated rings. The number of nitrogens with zero attached hydrogens (tertiary/aromatic N) is 4. The molecule has 1 aromatic heterocycles. The monoisotopic (exact) mass is 417 g/mol. The number of hydrogen-bond acceptors (Lipinski definition) is 4. The number of carbonyl (C=O) groups excluding carboxylic acids is 1. The van der Waals surface area contributed by atoms with Gasteiger partial charge in [0.2, 0.25) is 0 Å². The van der Waals surface area contributed by atoms with Crippen molar-refractivity contribution in [2.75, 3.05) is 13.1 Å². The van der Waals surface area contributed by atoms with Crippen LogP contribution in [0, 0.1) is 20.8 Å². The van der Waals surface area contributed by atoms with Gasteiger partial charge in [-0.2, -0.15) is 0 Å². The van der Waals surface area contributed by atoms with Crippen molar-refractivity contribution in [2.24, 2.45) is 0 Å². The third kappa shape index (κ3) is 4.85. The van der Waals surface area contributed by atoms with Gasteiger partial charge in [0.05, 0.1) is 6.04 Å². The molecule has 1 aliphatic rings. The van der Waals surface area contributed by atoms with E-state index in [1.165, 1.54) is 16.7 Å². The molecule has 31 heavy (non-hydrogen) atoms. The highest BCUT2D eigenvalue weighted by Crippen LogP contribution is 2.18. The topological polar surface area (TPSA) is 63.1 Å². The summed E-state index contributed by atoms with van der Waals surface area (Å²) in [4.78, 5) is 15.2. The molecule has 3 aromatic rings. The number of fused-ring (bicyclic) bond motifs is 1. The molecule has 4 rings (SSSR count). The van der Waals surface area contributed by atoms with Crippen LogP contribution in [0.3, 0.4) is 0 Å². The second kappa shape index (κ2) is 9.02. The molecular weight excluding hydrogens is 386 g/mol. The summed E-state index contributed by atoms with van der Waals surface area (Å²) in [5, 5.41) is 12.0. The smallest absolute Gasteiger partial charge is 0.252 e. The fourth-order valence-electron chi connectivity index (χ4n) is 4.45. The average Bonchev–Trinajstić information content (AvgIpc) is 3.02. The first-order valence-corrected chi connectivity index (χ1v) is 11.0. The van der Waals surface area contributed by atoms with Gasteiger partial charge >= 0.3 is 0 Å². The average molecular weight is 418 g/mol. The minimum Gasteiger partial charge on any atom is -0.342 e. The largest absolute Gasteiger partial charge is 0.342 e. The Hall–Kier alpha value is -2.99. The lowest BCUT2D eigenvalue weighted by atomic mass is 10.1. The minimum atomic E-state index is -0.209. The van der Waals surface area contributed by atoms with E-state index in [-0.39, 0.29) is 11.9 Å². The van der Waals surface area contributed by atoms with E-state index in [4.69, 9.17) is 0 Å². The maximum Gasteiger partial charge on any atom is 0.252 e. The van der Waals surface area contributed by atoms with Crippen molar-refractivity contribution >= 4 is 5.91 Å². The van der Waals surface area contributed by atoms with Crippen molar-refractivity contribution < 1.29 is 4.79 Å². The van der Waals surface area contributed by atoms with Gasteiger partial charge < -0.3 is 9.88 Å². The maximum atomic E-state index is 12.7. The SMILES string of the molecule is Cc1cc(C)cc(CN2CCc3nnc(C(C)NC(=O)c4ccccc4C)n3CC2)c1. The zero-order valence-electron chi connectivity index (χ0n) is 18.9. The van der Waals surface area contributed by atoms with Gasteiger partial charge in [-0.3, -0.25) is 9.69 Å². The van der Waals surface area contributed by atoms with E-state index >= 15 is 0 Å². The van der Waals surface area contributed by atoms with Gasteiger partial charge in [0.15, 0.2) is 5.82 Å². The lowest BCUT2D eigenvalue weighted by Gasteiger charge is -2.21. The number of aromatic nitrogens is 3. The van der Waals surface area contributed by atoms with Gasteiger partial charge in [-0.05, 0) is 44.9 Å². The highest BCUT2D eigenvalue weighted by molar-refractivity contribution is 5.95. The Balaban J connectivity index is 1.44. The molecule has 0 spiro atoms. The highest BCUT2D eigenvalue weighted by atomic mass is 16.1. The van der Waals surface area contributed by atoms with Gasteiger partial charge in [-0.25, -0.2) is 0 Å².